The molecule has 3 nitrogen and oxygen atoms in total. The minimum atomic E-state index is -4.15. The molecule has 0 radical (unpaired) electrons. The Morgan fingerprint density at radius 2 is 1.91 bits per heavy atom. The lowest BCUT2D eigenvalue weighted by atomic mass is 9.86. The second-order valence-electron chi connectivity index (χ2n) is 6.48. The highest BCUT2D eigenvalue weighted by Gasteiger charge is 2.30. The summed E-state index contributed by atoms with van der Waals surface area (Å²) in [4.78, 5) is 5.39. The van der Waals surface area contributed by atoms with Crippen molar-refractivity contribution in [1.29, 1.82) is 5.26 Å². The van der Waals surface area contributed by atoms with E-state index in [1.54, 1.807) is 0 Å². The van der Waals surface area contributed by atoms with Crippen LogP contribution in [0.25, 0.3) is 0 Å². The summed E-state index contributed by atoms with van der Waals surface area (Å²) in [7, 11) is 0. The molecular formula is C15H23F3N2OS. The maximum absolute atomic E-state index is 12.2. The Morgan fingerprint density at radius 3 is 2.36 bits per heavy atom. The Bertz CT molecular complexity index is 414. The lowest BCUT2D eigenvalue weighted by Crippen LogP contribution is -2.24. The van der Waals surface area contributed by atoms with Crippen molar-refractivity contribution in [2.75, 3.05) is 5.75 Å². The Hall–Kier alpha value is -0.900. The van der Waals surface area contributed by atoms with Gasteiger partial charge in [0.25, 0.3) is 0 Å². The molecule has 0 amide bonds. The van der Waals surface area contributed by atoms with Crippen LogP contribution in [0, 0.1) is 17.2 Å². The van der Waals surface area contributed by atoms with Crippen LogP contribution in [-0.4, -0.2) is 28.5 Å². The zero-order chi connectivity index (χ0) is 16.8. The molecule has 0 aliphatic heterocycles. The number of hydrogen-bond donors (Lipinski definition) is 0. The van der Waals surface area contributed by atoms with Gasteiger partial charge in [0, 0.05) is 5.75 Å². The van der Waals surface area contributed by atoms with Crippen LogP contribution >= 0.6 is 11.8 Å². The van der Waals surface area contributed by atoms with Gasteiger partial charge < -0.3 is 4.84 Å². The predicted molar refractivity (Wildman–Crippen MR) is 82.8 cm³/mol. The van der Waals surface area contributed by atoms with Gasteiger partial charge in [0.05, 0.1) is 23.5 Å². The van der Waals surface area contributed by atoms with Crippen LogP contribution in [-0.2, 0) is 4.84 Å². The van der Waals surface area contributed by atoms with Gasteiger partial charge in [-0.15, -0.1) is 11.8 Å². The first-order valence-electron chi connectivity index (χ1n) is 7.42. The number of alkyl halides is 3. The summed E-state index contributed by atoms with van der Waals surface area (Å²) in [6, 6.07) is 2.15. The molecule has 22 heavy (non-hydrogen) atoms. The van der Waals surface area contributed by atoms with E-state index >= 15 is 0 Å². The standard InChI is InChI=1S/C15H23F3N2OS/c1-14(2,3)21-20-12-6-4-11(5-7-12)13(10-19)22-9-8-15(16,17)18/h11,13H,4-9H2,1-3H3. The average Bonchev–Trinajstić information content (AvgIpc) is 2.40. The van der Waals surface area contributed by atoms with Crippen molar-refractivity contribution in [3.63, 3.8) is 0 Å². The molecule has 1 saturated carbocycles. The first kappa shape index (κ1) is 19.1. The smallest absolute Gasteiger partial charge is 0.389 e. The molecule has 1 atom stereocenters. The maximum Gasteiger partial charge on any atom is 0.389 e. The van der Waals surface area contributed by atoms with Crippen molar-refractivity contribution in [3.8, 4) is 6.07 Å². The monoisotopic (exact) mass is 336 g/mol. The van der Waals surface area contributed by atoms with Gasteiger partial charge in [0.1, 0.15) is 5.60 Å². The fourth-order valence-corrected chi connectivity index (χ4v) is 3.37. The van der Waals surface area contributed by atoms with Crippen LogP contribution in [0.5, 0.6) is 0 Å². The number of thioether (sulfide) groups is 1. The summed E-state index contributed by atoms with van der Waals surface area (Å²) in [6.45, 7) is 5.77. The van der Waals surface area contributed by atoms with E-state index in [4.69, 9.17) is 4.84 Å². The van der Waals surface area contributed by atoms with Crippen LogP contribution in [0.1, 0.15) is 52.9 Å². The van der Waals surface area contributed by atoms with Crippen LogP contribution in [0.3, 0.4) is 0 Å². The third kappa shape index (κ3) is 7.92. The van der Waals surface area contributed by atoms with Gasteiger partial charge in [0.15, 0.2) is 0 Å². The van der Waals surface area contributed by atoms with Crippen LogP contribution < -0.4 is 0 Å². The molecule has 1 rings (SSSR count). The molecule has 7 heteroatoms. The Kier molecular flexibility index (Phi) is 7.04. The number of hydrogen-bond acceptors (Lipinski definition) is 4. The summed E-state index contributed by atoms with van der Waals surface area (Å²) in [5.74, 6) is 0.0866. The Balaban J connectivity index is 2.40. The first-order valence-corrected chi connectivity index (χ1v) is 8.47. The van der Waals surface area contributed by atoms with E-state index in [1.165, 1.54) is 0 Å². The molecular weight excluding hydrogens is 313 g/mol. The highest BCUT2D eigenvalue weighted by Crippen LogP contribution is 2.33. The zero-order valence-corrected chi connectivity index (χ0v) is 14.1. The normalized spacial score (nSPS) is 21.1. The van der Waals surface area contributed by atoms with E-state index in [1.807, 2.05) is 20.8 Å². The van der Waals surface area contributed by atoms with E-state index in [-0.39, 0.29) is 22.5 Å². The molecule has 0 aromatic rings. The third-order valence-corrected chi connectivity index (χ3v) is 4.58. The van der Waals surface area contributed by atoms with Gasteiger partial charge in [-0.1, -0.05) is 5.16 Å². The third-order valence-electron chi connectivity index (χ3n) is 3.29. The number of oxime groups is 1. The summed E-state index contributed by atoms with van der Waals surface area (Å²) < 4.78 is 36.5. The van der Waals surface area contributed by atoms with Gasteiger partial charge in [-0.3, -0.25) is 0 Å². The fraction of sp³-hybridized carbons (Fsp3) is 0.867. The lowest BCUT2D eigenvalue weighted by molar-refractivity contribution is -0.129. The second-order valence-corrected chi connectivity index (χ2v) is 7.73. The quantitative estimate of drug-likeness (QED) is 0.669. The van der Waals surface area contributed by atoms with Crippen LogP contribution in [0.4, 0.5) is 13.2 Å². The van der Waals surface area contributed by atoms with Crippen molar-refractivity contribution in [3.05, 3.63) is 0 Å². The minimum Gasteiger partial charge on any atom is -0.390 e. The van der Waals surface area contributed by atoms with Crippen LogP contribution in [0.2, 0.25) is 0 Å². The number of halogens is 3. The molecule has 0 saturated heterocycles. The highest BCUT2D eigenvalue weighted by molar-refractivity contribution is 8.00. The van der Waals surface area contributed by atoms with Crippen molar-refractivity contribution in [2.24, 2.45) is 11.1 Å². The number of nitrogens with zero attached hydrogens (tertiary/aromatic N) is 2. The van der Waals surface area contributed by atoms with Crippen molar-refractivity contribution in [2.45, 2.75) is 69.9 Å². The summed E-state index contributed by atoms with van der Waals surface area (Å²) in [6.07, 6.45) is -1.93. The van der Waals surface area contributed by atoms with Gasteiger partial charge in [-0.2, -0.15) is 18.4 Å². The maximum atomic E-state index is 12.2. The minimum absolute atomic E-state index is 0.0493. The molecule has 0 aromatic carbocycles. The molecule has 0 aromatic heterocycles. The molecule has 1 aliphatic carbocycles. The Labute approximate surface area is 134 Å². The van der Waals surface area contributed by atoms with Gasteiger partial charge >= 0.3 is 6.18 Å². The zero-order valence-electron chi connectivity index (χ0n) is 13.2. The molecule has 1 unspecified atom stereocenters. The van der Waals surface area contributed by atoms with Crippen molar-refractivity contribution < 1.29 is 18.0 Å². The van der Waals surface area contributed by atoms with E-state index in [9.17, 15) is 18.4 Å². The molecule has 0 bridgehead atoms. The number of nitriles is 1. The van der Waals surface area contributed by atoms with Gasteiger partial charge in [-0.05, 0) is 52.4 Å². The second kappa shape index (κ2) is 8.09. The average molecular weight is 336 g/mol. The molecule has 0 heterocycles. The SMILES string of the molecule is CC(C)(C)ON=C1CCC(C(C#N)SCCC(F)(F)F)CC1. The number of rotatable bonds is 5. The van der Waals surface area contributed by atoms with Gasteiger partial charge in [-0.25, -0.2) is 0 Å². The Morgan fingerprint density at radius 1 is 1.32 bits per heavy atom. The molecule has 0 N–H and O–H groups in total. The van der Waals surface area contributed by atoms with E-state index < -0.39 is 12.6 Å². The first-order chi connectivity index (χ1) is 10.1. The van der Waals surface area contributed by atoms with E-state index in [0.29, 0.717) is 0 Å². The van der Waals surface area contributed by atoms with Crippen molar-refractivity contribution >= 4 is 17.5 Å². The molecule has 1 aliphatic rings. The van der Waals surface area contributed by atoms with Crippen molar-refractivity contribution in [1.82, 2.24) is 0 Å². The topological polar surface area (TPSA) is 45.4 Å². The van der Waals surface area contributed by atoms with E-state index in [0.717, 1.165) is 43.2 Å². The summed E-state index contributed by atoms with van der Waals surface area (Å²) in [5.41, 5.74) is 0.648. The summed E-state index contributed by atoms with van der Waals surface area (Å²) >= 11 is 1.12. The molecule has 1 fully saturated rings. The summed E-state index contributed by atoms with van der Waals surface area (Å²) in [5, 5.41) is 13.0. The largest absolute Gasteiger partial charge is 0.390 e. The lowest BCUT2D eigenvalue weighted by Gasteiger charge is -2.27. The fourth-order valence-electron chi connectivity index (χ4n) is 2.15. The van der Waals surface area contributed by atoms with Gasteiger partial charge in [0.2, 0.25) is 0 Å². The molecule has 0 spiro atoms. The predicted octanol–water partition coefficient (Wildman–Crippen LogP) is 4.93. The molecule has 126 valence electrons. The highest BCUT2D eigenvalue weighted by atomic mass is 32.2. The van der Waals surface area contributed by atoms with Crippen LogP contribution in [0.15, 0.2) is 5.16 Å². The van der Waals surface area contributed by atoms with E-state index in [2.05, 4.69) is 11.2 Å².